The molecule has 0 saturated carbocycles. The van der Waals surface area contributed by atoms with Gasteiger partial charge in [-0.3, -0.25) is 0 Å². The number of amides is 1. The van der Waals surface area contributed by atoms with Crippen LogP contribution in [0.2, 0.25) is 0 Å². The Morgan fingerprint density at radius 2 is 1.59 bits per heavy atom. The van der Waals surface area contributed by atoms with Crippen LogP contribution in [0, 0.1) is 0 Å². The Hall–Kier alpha value is -3.50. The average molecular weight is 488 g/mol. The van der Waals surface area contributed by atoms with E-state index in [1.807, 2.05) is 30.3 Å². The third kappa shape index (κ3) is 8.45. The first-order valence-corrected chi connectivity index (χ1v) is 11.1. The fraction of sp³-hybridized carbons (Fsp3) is 0.333. The maximum absolute atomic E-state index is 12.4. The highest BCUT2D eigenvalue weighted by atomic mass is 32.1. The fourth-order valence-corrected chi connectivity index (χ4v) is 3.36. The number of carbonyl (C=O) groups is 3. The predicted octanol–water partition coefficient (Wildman–Crippen LogP) is 3.42. The lowest BCUT2D eigenvalue weighted by Crippen LogP contribution is -2.43. The van der Waals surface area contributed by atoms with Gasteiger partial charge in [-0.15, -0.1) is 0 Å². The van der Waals surface area contributed by atoms with Crippen molar-refractivity contribution in [2.45, 2.75) is 31.9 Å². The van der Waals surface area contributed by atoms with E-state index in [0.717, 1.165) is 18.4 Å². The van der Waals surface area contributed by atoms with Gasteiger partial charge in [0.1, 0.15) is 11.6 Å². The third-order valence-electron chi connectivity index (χ3n) is 4.81. The molecule has 182 valence electrons. The molecular weight excluding hydrogens is 458 g/mol. The predicted molar refractivity (Wildman–Crippen MR) is 132 cm³/mol. The standard InChI is InChI=1S/C24H29N3O6S/c1-31-22(28)17-12-18(23(29)32-2)14-19(13-17)26-21(34)20(10-6-7-11-25)27-24(30)33-15-16-8-4-3-5-9-16/h3-5,8-9,12-14,20H,6-7,10-11,15,25H2,1-2H3,(H,26,34)(H,27,30)/t20-/m0/s1. The molecule has 0 aliphatic carbocycles. The van der Waals surface area contributed by atoms with Crippen molar-refractivity contribution in [3.63, 3.8) is 0 Å². The number of carbonyl (C=O) groups excluding carboxylic acids is 3. The Labute approximate surface area is 203 Å². The summed E-state index contributed by atoms with van der Waals surface area (Å²) in [6.45, 7) is 0.626. The fourth-order valence-electron chi connectivity index (χ4n) is 3.07. The molecule has 0 spiro atoms. The molecule has 1 atom stereocenters. The SMILES string of the molecule is COC(=O)c1cc(NC(=S)[C@H](CCCCN)NC(=O)OCc2ccccc2)cc(C(=O)OC)c1. The molecular formula is C24H29N3O6S. The Morgan fingerprint density at radius 1 is 0.971 bits per heavy atom. The summed E-state index contributed by atoms with van der Waals surface area (Å²) in [5.41, 5.74) is 7.11. The van der Waals surface area contributed by atoms with Gasteiger partial charge in [-0.2, -0.15) is 0 Å². The molecule has 2 aromatic rings. The van der Waals surface area contributed by atoms with Crippen molar-refractivity contribution in [3.05, 3.63) is 65.2 Å². The number of thiocarbonyl (C=S) groups is 1. The van der Waals surface area contributed by atoms with Gasteiger partial charge in [0.2, 0.25) is 0 Å². The lowest BCUT2D eigenvalue weighted by molar-refractivity contribution is 0.0599. The number of nitrogens with two attached hydrogens (primary N) is 1. The first-order valence-electron chi connectivity index (χ1n) is 10.7. The molecule has 10 heteroatoms. The van der Waals surface area contributed by atoms with Crippen molar-refractivity contribution in [3.8, 4) is 0 Å². The molecule has 2 aromatic carbocycles. The minimum atomic E-state index is -0.623. The Balaban J connectivity index is 2.14. The van der Waals surface area contributed by atoms with E-state index in [4.69, 9.17) is 32.2 Å². The van der Waals surface area contributed by atoms with Crippen LogP contribution in [0.5, 0.6) is 0 Å². The first kappa shape index (κ1) is 26.7. The number of anilines is 1. The van der Waals surface area contributed by atoms with Crippen LogP contribution >= 0.6 is 12.2 Å². The average Bonchev–Trinajstić information content (AvgIpc) is 2.86. The van der Waals surface area contributed by atoms with Gasteiger partial charge < -0.3 is 30.6 Å². The van der Waals surface area contributed by atoms with E-state index in [1.165, 1.54) is 32.4 Å². The second-order valence-electron chi connectivity index (χ2n) is 7.31. The number of hydrogen-bond donors (Lipinski definition) is 3. The van der Waals surface area contributed by atoms with Crippen molar-refractivity contribution in [2.75, 3.05) is 26.1 Å². The van der Waals surface area contributed by atoms with Gasteiger partial charge in [0.05, 0.1) is 31.4 Å². The Kier molecular flexibility index (Phi) is 10.9. The van der Waals surface area contributed by atoms with Gasteiger partial charge in [-0.25, -0.2) is 14.4 Å². The van der Waals surface area contributed by atoms with E-state index in [1.54, 1.807) is 0 Å². The molecule has 2 rings (SSSR count). The highest BCUT2D eigenvalue weighted by Crippen LogP contribution is 2.18. The highest BCUT2D eigenvalue weighted by Gasteiger charge is 2.20. The van der Waals surface area contributed by atoms with Crippen molar-refractivity contribution < 1.29 is 28.6 Å². The molecule has 0 bridgehead atoms. The maximum atomic E-state index is 12.4. The number of unbranched alkanes of at least 4 members (excludes halogenated alkanes) is 1. The van der Waals surface area contributed by atoms with Gasteiger partial charge in [-0.1, -0.05) is 42.5 Å². The van der Waals surface area contributed by atoms with E-state index in [0.29, 0.717) is 18.7 Å². The number of nitrogens with one attached hydrogen (secondary N) is 2. The number of alkyl carbamates (subject to hydrolysis) is 1. The van der Waals surface area contributed by atoms with Crippen molar-refractivity contribution in [1.82, 2.24) is 5.32 Å². The summed E-state index contributed by atoms with van der Waals surface area (Å²) in [7, 11) is 2.48. The lowest BCUT2D eigenvalue weighted by Gasteiger charge is -2.21. The van der Waals surface area contributed by atoms with Crippen molar-refractivity contribution >= 4 is 40.9 Å². The molecule has 0 heterocycles. The van der Waals surface area contributed by atoms with Gasteiger partial charge in [0.25, 0.3) is 0 Å². The Morgan fingerprint density at radius 3 is 2.15 bits per heavy atom. The number of hydrogen-bond acceptors (Lipinski definition) is 8. The minimum Gasteiger partial charge on any atom is -0.465 e. The van der Waals surface area contributed by atoms with Crippen LogP contribution in [0.4, 0.5) is 10.5 Å². The zero-order chi connectivity index (χ0) is 24.9. The van der Waals surface area contributed by atoms with Crippen LogP contribution in [0.15, 0.2) is 48.5 Å². The van der Waals surface area contributed by atoms with E-state index >= 15 is 0 Å². The Bertz CT molecular complexity index is 965. The summed E-state index contributed by atoms with van der Waals surface area (Å²) < 4.78 is 14.8. The first-order chi connectivity index (χ1) is 16.4. The summed E-state index contributed by atoms with van der Waals surface area (Å²) in [4.78, 5) is 36.8. The smallest absolute Gasteiger partial charge is 0.408 e. The van der Waals surface area contributed by atoms with Crippen LogP contribution in [-0.2, 0) is 20.8 Å². The van der Waals surface area contributed by atoms with E-state index in [9.17, 15) is 14.4 Å². The van der Waals surface area contributed by atoms with Crippen LogP contribution in [0.3, 0.4) is 0 Å². The maximum Gasteiger partial charge on any atom is 0.408 e. The van der Waals surface area contributed by atoms with E-state index < -0.39 is 24.1 Å². The molecule has 0 aromatic heterocycles. The van der Waals surface area contributed by atoms with Gasteiger partial charge in [0.15, 0.2) is 0 Å². The molecule has 9 nitrogen and oxygen atoms in total. The molecule has 0 aliphatic rings. The monoisotopic (exact) mass is 487 g/mol. The summed E-state index contributed by atoms with van der Waals surface area (Å²) in [6.07, 6.45) is 1.37. The zero-order valence-corrected chi connectivity index (χ0v) is 20.0. The van der Waals surface area contributed by atoms with Crippen LogP contribution in [0.25, 0.3) is 0 Å². The van der Waals surface area contributed by atoms with Gasteiger partial charge >= 0.3 is 18.0 Å². The molecule has 0 radical (unpaired) electrons. The van der Waals surface area contributed by atoms with Gasteiger partial charge in [0, 0.05) is 5.69 Å². The summed E-state index contributed by atoms with van der Waals surface area (Å²) in [5.74, 6) is -1.25. The van der Waals surface area contributed by atoms with Crippen LogP contribution < -0.4 is 16.4 Å². The van der Waals surface area contributed by atoms with E-state index in [-0.39, 0.29) is 22.7 Å². The molecule has 0 saturated heterocycles. The number of esters is 2. The molecule has 0 unspecified atom stereocenters. The van der Waals surface area contributed by atoms with Crippen molar-refractivity contribution in [2.24, 2.45) is 5.73 Å². The van der Waals surface area contributed by atoms with Crippen LogP contribution in [0.1, 0.15) is 45.5 Å². The quantitative estimate of drug-likeness (QED) is 0.189. The van der Waals surface area contributed by atoms with E-state index in [2.05, 4.69) is 10.6 Å². The second-order valence-corrected chi connectivity index (χ2v) is 7.75. The summed E-state index contributed by atoms with van der Waals surface area (Å²) in [6, 6.07) is 13.1. The van der Waals surface area contributed by atoms with Crippen LogP contribution in [-0.4, -0.2) is 49.8 Å². The minimum absolute atomic E-state index is 0.117. The molecule has 0 aliphatic heterocycles. The second kappa shape index (κ2) is 13.9. The topological polar surface area (TPSA) is 129 Å². The number of benzene rings is 2. The van der Waals surface area contributed by atoms with Gasteiger partial charge in [-0.05, 0) is 49.6 Å². The normalized spacial score (nSPS) is 11.1. The molecule has 34 heavy (non-hydrogen) atoms. The number of rotatable bonds is 11. The summed E-state index contributed by atoms with van der Waals surface area (Å²) in [5, 5.41) is 5.78. The third-order valence-corrected chi connectivity index (χ3v) is 5.20. The van der Waals surface area contributed by atoms with Crippen molar-refractivity contribution in [1.29, 1.82) is 0 Å². The highest BCUT2D eigenvalue weighted by molar-refractivity contribution is 7.80. The molecule has 4 N–H and O–H groups in total. The largest absolute Gasteiger partial charge is 0.465 e. The molecule has 1 amide bonds. The number of ether oxygens (including phenoxy) is 3. The zero-order valence-electron chi connectivity index (χ0n) is 19.2. The molecule has 0 fully saturated rings. The summed E-state index contributed by atoms with van der Waals surface area (Å²) >= 11 is 5.53. The lowest BCUT2D eigenvalue weighted by atomic mass is 10.1. The number of methoxy groups -OCH3 is 2.